The SMILES string of the molecule is CC(C)(C)OC(=O)N[C@H]1CO[C@H]2[C@@H]1OC[C@@H]2N. The zero-order valence-corrected chi connectivity index (χ0v) is 10.4. The number of nitrogens with two attached hydrogens (primary N) is 1. The summed E-state index contributed by atoms with van der Waals surface area (Å²) in [5.74, 6) is 0. The predicted molar refractivity (Wildman–Crippen MR) is 60.6 cm³/mol. The number of carbonyl (C=O) groups excluding carboxylic acids is 1. The van der Waals surface area contributed by atoms with Crippen LogP contribution < -0.4 is 11.1 Å². The molecule has 0 radical (unpaired) electrons. The van der Waals surface area contributed by atoms with Crippen molar-refractivity contribution in [2.45, 2.75) is 50.7 Å². The topological polar surface area (TPSA) is 82.8 Å². The van der Waals surface area contributed by atoms with Crippen LogP contribution >= 0.6 is 0 Å². The van der Waals surface area contributed by atoms with Crippen LogP contribution in [0.25, 0.3) is 0 Å². The van der Waals surface area contributed by atoms with Gasteiger partial charge in [-0.05, 0) is 20.8 Å². The van der Waals surface area contributed by atoms with Crippen LogP contribution in [0.4, 0.5) is 4.79 Å². The molecule has 6 heteroatoms. The van der Waals surface area contributed by atoms with Gasteiger partial charge >= 0.3 is 6.09 Å². The maximum atomic E-state index is 11.6. The Bertz CT molecular complexity index is 302. The van der Waals surface area contributed by atoms with Crippen LogP contribution in [0, 0.1) is 0 Å². The van der Waals surface area contributed by atoms with Crippen molar-refractivity contribution in [1.29, 1.82) is 0 Å². The average Bonchev–Trinajstić information content (AvgIpc) is 2.69. The number of nitrogens with one attached hydrogen (secondary N) is 1. The Morgan fingerprint density at radius 2 is 1.94 bits per heavy atom. The second kappa shape index (κ2) is 4.44. The van der Waals surface area contributed by atoms with Crippen molar-refractivity contribution >= 4 is 6.09 Å². The molecule has 98 valence electrons. The first kappa shape index (κ1) is 12.6. The van der Waals surface area contributed by atoms with Gasteiger partial charge in [0.2, 0.25) is 0 Å². The summed E-state index contributed by atoms with van der Waals surface area (Å²) in [6, 6.07) is -0.283. The van der Waals surface area contributed by atoms with E-state index in [0.29, 0.717) is 13.2 Å². The Labute approximate surface area is 101 Å². The summed E-state index contributed by atoms with van der Waals surface area (Å²) < 4.78 is 16.2. The fourth-order valence-electron chi connectivity index (χ4n) is 2.11. The molecule has 2 saturated heterocycles. The standard InChI is InChI=1S/C11H20N2O4/c1-11(2,3)17-10(14)13-7-5-16-8-6(12)4-15-9(7)8/h6-9H,4-5,12H2,1-3H3,(H,13,14)/t6-,7-,8+,9+/m0/s1. The van der Waals surface area contributed by atoms with E-state index >= 15 is 0 Å². The van der Waals surface area contributed by atoms with Gasteiger partial charge in [-0.1, -0.05) is 0 Å². The van der Waals surface area contributed by atoms with E-state index in [4.69, 9.17) is 19.9 Å². The number of amides is 1. The number of alkyl carbamates (subject to hydrolysis) is 1. The van der Waals surface area contributed by atoms with Crippen LogP contribution in [-0.4, -0.2) is 49.2 Å². The molecule has 2 heterocycles. The first-order valence-corrected chi connectivity index (χ1v) is 5.85. The van der Waals surface area contributed by atoms with E-state index in [1.54, 1.807) is 0 Å². The zero-order chi connectivity index (χ0) is 12.6. The first-order valence-electron chi connectivity index (χ1n) is 5.85. The maximum Gasteiger partial charge on any atom is 0.408 e. The van der Waals surface area contributed by atoms with Crippen molar-refractivity contribution in [2.24, 2.45) is 5.73 Å². The largest absolute Gasteiger partial charge is 0.444 e. The van der Waals surface area contributed by atoms with E-state index in [1.165, 1.54) is 0 Å². The second-order valence-electron chi connectivity index (χ2n) is 5.51. The van der Waals surface area contributed by atoms with Gasteiger partial charge in [-0.3, -0.25) is 0 Å². The fourth-order valence-corrected chi connectivity index (χ4v) is 2.11. The van der Waals surface area contributed by atoms with Crippen molar-refractivity contribution in [3.05, 3.63) is 0 Å². The second-order valence-corrected chi connectivity index (χ2v) is 5.51. The molecular formula is C11H20N2O4. The lowest BCUT2D eigenvalue weighted by atomic mass is 10.1. The van der Waals surface area contributed by atoms with Gasteiger partial charge in [0, 0.05) is 0 Å². The van der Waals surface area contributed by atoms with Crippen LogP contribution in [0.3, 0.4) is 0 Å². The highest BCUT2D eigenvalue weighted by molar-refractivity contribution is 5.68. The summed E-state index contributed by atoms with van der Waals surface area (Å²) >= 11 is 0. The molecule has 2 rings (SSSR count). The smallest absolute Gasteiger partial charge is 0.408 e. The Hall–Kier alpha value is -0.850. The molecule has 2 fully saturated rings. The van der Waals surface area contributed by atoms with Gasteiger partial charge in [-0.2, -0.15) is 0 Å². The van der Waals surface area contributed by atoms with Crippen LogP contribution in [-0.2, 0) is 14.2 Å². The molecule has 2 aliphatic rings. The fraction of sp³-hybridized carbons (Fsp3) is 0.909. The van der Waals surface area contributed by atoms with Crippen LogP contribution in [0.5, 0.6) is 0 Å². The predicted octanol–water partition coefficient (Wildman–Crippen LogP) is 0.00460. The minimum absolute atomic E-state index is 0.106. The molecule has 0 spiro atoms. The normalized spacial score (nSPS) is 36.7. The third-order valence-corrected chi connectivity index (χ3v) is 2.79. The third-order valence-electron chi connectivity index (χ3n) is 2.79. The van der Waals surface area contributed by atoms with Gasteiger partial charge in [0.15, 0.2) is 0 Å². The first-order chi connectivity index (χ1) is 7.87. The van der Waals surface area contributed by atoms with Crippen molar-refractivity contribution in [1.82, 2.24) is 5.32 Å². The number of hydrogen-bond acceptors (Lipinski definition) is 5. The van der Waals surface area contributed by atoms with E-state index in [2.05, 4.69) is 5.32 Å². The molecule has 0 saturated carbocycles. The van der Waals surface area contributed by atoms with Crippen molar-refractivity contribution in [3.8, 4) is 0 Å². The Morgan fingerprint density at radius 3 is 2.59 bits per heavy atom. The molecule has 3 N–H and O–H groups in total. The molecular weight excluding hydrogens is 224 g/mol. The number of ether oxygens (including phenoxy) is 3. The van der Waals surface area contributed by atoms with E-state index in [9.17, 15) is 4.79 Å². The molecule has 6 nitrogen and oxygen atoms in total. The summed E-state index contributed by atoms with van der Waals surface area (Å²) in [5.41, 5.74) is 5.32. The summed E-state index contributed by atoms with van der Waals surface area (Å²) in [6.45, 7) is 6.36. The highest BCUT2D eigenvalue weighted by Crippen LogP contribution is 2.26. The molecule has 0 aliphatic carbocycles. The molecule has 4 atom stereocenters. The van der Waals surface area contributed by atoms with Crippen molar-refractivity contribution in [2.75, 3.05) is 13.2 Å². The molecule has 2 aliphatic heterocycles. The van der Waals surface area contributed by atoms with Gasteiger partial charge < -0.3 is 25.3 Å². The number of fused-ring (bicyclic) bond motifs is 1. The molecule has 0 aromatic carbocycles. The van der Waals surface area contributed by atoms with Crippen LogP contribution in [0.1, 0.15) is 20.8 Å². The highest BCUT2D eigenvalue weighted by Gasteiger charge is 2.47. The van der Waals surface area contributed by atoms with Gasteiger partial charge in [-0.25, -0.2) is 4.79 Å². The molecule has 17 heavy (non-hydrogen) atoms. The summed E-state index contributed by atoms with van der Waals surface area (Å²) in [5, 5.41) is 2.76. The molecule has 0 aromatic heterocycles. The summed E-state index contributed by atoms with van der Waals surface area (Å²) in [4.78, 5) is 11.6. The quantitative estimate of drug-likeness (QED) is 0.678. The van der Waals surface area contributed by atoms with Gasteiger partial charge in [-0.15, -0.1) is 0 Å². The van der Waals surface area contributed by atoms with E-state index in [1.807, 2.05) is 20.8 Å². The Kier molecular flexibility index (Phi) is 3.29. The van der Waals surface area contributed by atoms with Gasteiger partial charge in [0.25, 0.3) is 0 Å². The van der Waals surface area contributed by atoms with Crippen molar-refractivity contribution < 1.29 is 19.0 Å². The monoisotopic (exact) mass is 244 g/mol. The Balaban J connectivity index is 1.86. The molecule has 0 unspecified atom stereocenters. The van der Waals surface area contributed by atoms with Gasteiger partial charge in [0.05, 0.1) is 25.3 Å². The average molecular weight is 244 g/mol. The van der Waals surface area contributed by atoms with Crippen molar-refractivity contribution in [3.63, 3.8) is 0 Å². The number of hydrogen-bond donors (Lipinski definition) is 2. The minimum atomic E-state index is -0.504. The van der Waals surface area contributed by atoms with E-state index < -0.39 is 11.7 Å². The molecule has 0 bridgehead atoms. The number of rotatable bonds is 1. The summed E-state index contributed by atoms with van der Waals surface area (Å²) in [7, 11) is 0. The van der Waals surface area contributed by atoms with Crippen LogP contribution in [0.2, 0.25) is 0 Å². The third kappa shape index (κ3) is 2.88. The van der Waals surface area contributed by atoms with Crippen LogP contribution in [0.15, 0.2) is 0 Å². The molecule has 1 amide bonds. The summed E-state index contributed by atoms with van der Waals surface area (Å²) in [6.07, 6.45) is -0.719. The maximum absolute atomic E-state index is 11.6. The van der Waals surface area contributed by atoms with E-state index in [-0.39, 0.29) is 24.3 Å². The number of carbonyl (C=O) groups is 1. The molecule has 0 aromatic rings. The zero-order valence-electron chi connectivity index (χ0n) is 10.4. The minimum Gasteiger partial charge on any atom is -0.444 e. The highest BCUT2D eigenvalue weighted by atomic mass is 16.6. The lowest BCUT2D eigenvalue weighted by molar-refractivity contribution is 0.0406. The lowest BCUT2D eigenvalue weighted by Crippen LogP contribution is -2.46. The van der Waals surface area contributed by atoms with Gasteiger partial charge in [0.1, 0.15) is 17.8 Å². The van der Waals surface area contributed by atoms with E-state index in [0.717, 1.165) is 0 Å². The lowest BCUT2D eigenvalue weighted by Gasteiger charge is -2.23. The Morgan fingerprint density at radius 1 is 1.29 bits per heavy atom.